The second-order valence-corrected chi connectivity index (χ2v) is 6.00. The lowest BCUT2D eigenvalue weighted by molar-refractivity contribution is -0.118. The number of nitrogens with zero attached hydrogens (tertiary/aromatic N) is 1. The van der Waals surface area contributed by atoms with Gasteiger partial charge >= 0.3 is 6.09 Å². The molecule has 1 aromatic carbocycles. The Kier molecular flexibility index (Phi) is 3.89. The summed E-state index contributed by atoms with van der Waals surface area (Å²) in [4.78, 5) is 35.0. The first-order chi connectivity index (χ1) is 10.6. The van der Waals surface area contributed by atoms with Gasteiger partial charge in [0, 0.05) is 11.6 Å². The van der Waals surface area contributed by atoms with Crippen molar-refractivity contribution in [3.05, 3.63) is 36.0 Å². The van der Waals surface area contributed by atoms with Gasteiger partial charge in [-0.2, -0.15) is 0 Å². The third-order valence-electron chi connectivity index (χ3n) is 3.43. The van der Waals surface area contributed by atoms with Crippen LogP contribution in [0, 0.1) is 0 Å². The lowest BCUT2D eigenvalue weighted by Crippen LogP contribution is -2.25. The molecule has 0 bridgehead atoms. The molecule has 1 unspecified atom stereocenters. The summed E-state index contributed by atoms with van der Waals surface area (Å²) in [5, 5.41) is 2.36. The second kappa shape index (κ2) is 5.84. The largest absolute Gasteiger partial charge is 0.449 e. The van der Waals surface area contributed by atoms with Crippen LogP contribution >= 0.6 is 11.8 Å². The number of imide groups is 1. The molecule has 1 N–H and O–H groups in total. The molecule has 1 fully saturated rings. The third kappa shape index (κ3) is 2.59. The summed E-state index contributed by atoms with van der Waals surface area (Å²) in [6.45, 7) is 2.03. The van der Waals surface area contributed by atoms with Crippen LogP contribution in [0.25, 0.3) is 10.9 Å². The normalized spacial score (nSPS) is 17.8. The maximum atomic E-state index is 12.0. The van der Waals surface area contributed by atoms with Crippen LogP contribution in [0.4, 0.5) is 9.59 Å². The first-order valence-corrected chi connectivity index (χ1v) is 7.75. The average molecular weight is 318 g/mol. The van der Waals surface area contributed by atoms with Gasteiger partial charge in [-0.15, -0.1) is 0 Å². The van der Waals surface area contributed by atoms with Crippen LogP contribution in [-0.4, -0.2) is 33.7 Å². The number of benzene rings is 1. The molecule has 0 radical (unpaired) electrons. The molecular formula is C15H14N2O4S. The number of hydrogen-bond acceptors (Lipinski definition) is 5. The topological polar surface area (TPSA) is 77.4 Å². The average Bonchev–Trinajstić information content (AvgIpc) is 3.01. The molecule has 1 aliphatic heterocycles. The standard InChI is InChI=1S/C15H14N2O4S/c1-2-21-15(20)17-8-9(10-5-3-4-6-11(10)17)7-12-13(18)16-14(19)22-12/h3-6,8,12H,2,7H2,1H3,(H,16,18,19). The quantitative estimate of drug-likeness (QED) is 0.941. The van der Waals surface area contributed by atoms with E-state index in [9.17, 15) is 14.4 Å². The highest BCUT2D eigenvalue weighted by Crippen LogP contribution is 2.28. The molecule has 1 atom stereocenters. The van der Waals surface area contributed by atoms with E-state index in [1.807, 2.05) is 24.3 Å². The highest BCUT2D eigenvalue weighted by atomic mass is 32.2. The Labute approximate surface area is 130 Å². The van der Waals surface area contributed by atoms with E-state index in [4.69, 9.17) is 4.74 Å². The summed E-state index contributed by atoms with van der Waals surface area (Å²) in [5.74, 6) is -0.289. The van der Waals surface area contributed by atoms with Crippen LogP contribution in [0.1, 0.15) is 12.5 Å². The summed E-state index contributed by atoms with van der Waals surface area (Å²) in [6.07, 6.45) is 1.61. The number of carbonyl (C=O) groups is 3. The molecule has 3 rings (SSSR count). The molecule has 1 saturated heterocycles. The maximum absolute atomic E-state index is 12.0. The summed E-state index contributed by atoms with van der Waals surface area (Å²) >= 11 is 0.980. The number of fused-ring (bicyclic) bond motifs is 1. The SMILES string of the molecule is CCOC(=O)n1cc(CC2SC(=O)NC2=O)c2ccccc21. The van der Waals surface area contributed by atoms with E-state index in [0.717, 1.165) is 28.2 Å². The fraction of sp³-hybridized carbons (Fsp3) is 0.267. The molecule has 2 amide bonds. The van der Waals surface area contributed by atoms with Crippen molar-refractivity contribution in [2.75, 3.05) is 6.61 Å². The number of rotatable bonds is 3. The minimum atomic E-state index is -0.464. The van der Waals surface area contributed by atoms with E-state index >= 15 is 0 Å². The molecule has 2 heterocycles. The van der Waals surface area contributed by atoms with Gasteiger partial charge in [0.1, 0.15) is 0 Å². The number of amides is 2. The van der Waals surface area contributed by atoms with E-state index in [1.54, 1.807) is 13.1 Å². The summed E-state index contributed by atoms with van der Waals surface area (Å²) < 4.78 is 6.48. The number of hydrogen-bond donors (Lipinski definition) is 1. The number of thioether (sulfide) groups is 1. The van der Waals surface area contributed by atoms with Crippen molar-refractivity contribution in [3.63, 3.8) is 0 Å². The Balaban J connectivity index is 1.98. The van der Waals surface area contributed by atoms with E-state index < -0.39 is 11.3 Å². The van der Waals surface area contributed by atoms with Crippen molar-refractivity contribution in [3.8, 4) is 0 Å². The molecule has 1 aromatic heterocycles. The number of aromatic nitrogens is 1. The van der Waals surface area contributed by atoms with E-state index in [2.05, 4.69) is 5.32 Å². The van der Waals surface area contributed by atoms with Crippen LogP contribution in [0.5, 0.6) is 0 Å². The van der Waals surface area contributed by atoms with E-state index in [1.165, 1.54) is 4.57 Å². The lowest BCUT2D eigenvalue weighted by Gasteiger charge is -2.03. The molecule has 22 heavy (non-hydrogen) atoms. The maximum Gasteiger partial charge on any atom is 0.418 e. The number of carbonyl (C=O) groups excluding carboxylic acids is 3. The second-order valence-electron chi connectivity index (χ2n) is 4.83. The van der Waals surface area contributed by atoms with Crippen LogP contribution in [0.3, 0.4) is 0 Å². The van der Waals surface area contributed by atoms with Gasteiger partial charge in [-0.05, 0) is 25.0 Å². The fourth-order valence-electron chi connectivity index (χ4n) is 2.48. The molecule has 7 heteroatoms. The van der Waals surface area contributed by atoms with Gasteiger partial charge in [0.05, 0.1) is 17.4 Å². The minimum absolute atomic E-state index is 0.288. The molecular weight excluding hydrogens is 304 g/mol. The summed E-state index contributed by atoms with van der Waals surface area (Å²) in [5.41, 5.74) is 1.57. The van der Waals surface area contributed by atoms with Gasteiger partial charge in [-0.3, -0.25) is 19.5 Å². The first kappa shape index (κ1) is 14.6. The van der Waals surface area contributed by atoms with Gasteiger partial charge in [0.25, 0.3) is 5.24 Å². The van der Waals surface area contributed by atoms with Crippen LogP contribution in [0.2, 0.25) is 0 Å². The zero-order chi connectivity index (χ0) is 15.7. The predicted octanol–water partition coefficient (Wildman–Crippen LogP) is 2.54. The zero-order valence-electron chi connectivity index (χ0n) is 11.9. The van der Waals surface area contributed by atoms with Crippen molar-refractivity contribution in [1.82, 2.24) is 9.88 Å². The Morgan fingerprint density at radius 3 is 2.82 bits per heavy atom. The Hall–Kier alpha value is -2.28. The number of ether oxygens (including phenoxy) is 1. The molecule has 0 aliphatic carbocycles. The van der Waals surface area contributed by atoms with E-state index in [0.29, 0.717) is 6.42 Å². The van der Waals surface area contributed by atoms with Gasteiger partial charge in [-0.1, -0.05) is 30.0 Å². The van der Waals surface area contributed by atoms with Crippen molar-refractivity contribution < 1.29 is 19.1 Å². The smallest absolute Gasteiger partial charge is 0.418 e. The highest BCUT2D eigenvalue weighted by Gasteiger charge is 2.32. The molecule has 0 spiro atoms. The monoisotopic (exact) mass is 318 g/mol. The fourth-order valence-corrected chi connectivity index (χ4v) is 3.33. The highest BCUT2D eigenvalue weighted by molar-refractivity contribution is 8.15. The minimum Gasteiger partial charge on any atom is -0.449 e. The molecule has 1 aliphatic rings. The van der Waals surface area contributed by atoms with Crippen molar-refractivity contribution in [2.24, 2.45) is 0 Å². The van der Waals surface area contributed by atoms with Crippen LogP contribution in [-0.2, 0) is 16.0 Å². The molecule has 2 aromatic rings. The molecule has 0 saturated carbocycles. The Morgan fingerprint density at radius 1 is 1.36 bits per heavy atom. The van der Waals surface area contributed by atoms with Crippen LogP contribution < -0.4 is 5.32 Å². The van der Waals surface area contributed by atoms with Gasteiger partial charge in [0.15, 0.2) is 0 Å². The van der Waals surface area contributed by atoms with Gasteiger partial charge in [0.2, 0.25) is 5.91 Å². The Morgan fingerprint density at radius 2 is 2.14 bits per heavy atom. The van der Waals surface area contributed by atoms with Crippen molar-refractivity contribution in [1.29, 1.82) is 0 Å². The van der Waals surface area contributed by atoms with Gasteiger partial charge < -0.3 is 4.74 Å². The zero-order valence-corrected chi connectivity index (χ0v) is 12.7. The summed E-state index contributed by atoms with van der Waals surface area (Å²) in [7, 11) is 0. The first-order valence-electron chi connectivity index (χ1n) is 6.87. The molecule has 6 nitrogen and oxygen atoms in total. The predicted molar refractivity (Wildman–Crippen MR) is 83.0 cm³/mol. The third-order valence-corrected chi connectivity index (χ3v) is 4.41. The summed E-state index contributed by atoms with van der Waals surface area (Å²) in [6, 6.07) is 7.42. The lowest BCUT2D eigenvalue weighted by atomic mass is 10.1. The number of para-hydroxylation sites is 1. The Bertz CT molecular complexity index is 768. The van der Waals surface area contributed by atoms with Crippen molar-refractivity contribution >= 4 is 39.9 Å². The van der Waals surface area contributed by atoms with Crippen molar-refractivity contribution in [2.45, 2.75) is 18.6 Å². The van der Waals surface area contributed by atoms with E-state index in [-0.39, 0.29) is 17.8 Å². The van der Waals surface area contributed by atoms with Crippen LogP contribution in [0.15, 0.2) is 30.5 Å². The van der Waals surface area contributed by atoms with Gasteiger partial charge in [-0.25, -0.2) is 4.79 Å². The molecule has 114 valence electrons. The number of nitrogens with one attached hydrogen (secondary N) is 1.